The summed E-state index contributed by atoms with van der Waals surface area (Å²) in [6.07, 6.45) is 0.605. The van der Waals surface area contributed by atoms with Gasteiger partial charge in [0.25, 0.3) is 0 Å². The molecule has 0 radical (unpaired) electrons. The molecule has 2 rings (SSSR count). The number of nitrogens with zero attached hydrogens (tertiary/aromatic N) is 1. The molecule has 120 valence electrons. The van der Waals surface area contributed by atoms with Gasteiger partial charge in [0.15, 0.2) is 0 Å². The van der Waals surface area contributed by atoms with Gasteiger partial charge in [0, 0.05) is 36.3 Å². The second kappa shape index (κ2) is 7.38. The molecule has 1 aromatic carbocycles. The van der Waals surface area contributed by atoms with Gasteiger partial charge in [0.1, 0.15) is 5.82 Å². The van der Waals surface area contributed by atoms with Crippen LogP contribution in [0.5, 0.6) is 0 Å². The number of fused-ring (bicyclic) bond motifs is 1. The molecule has 0 atom stereocenters. The molecule has 2 aromatic rings. The summed E-state index contributed by atoms with van der Waals surface area (Å²) in [4.78, 5) is 17.1. The first-order valence-corrected chi connectivity index (χ1v) is 7.33. The van der Waals surface area contributed by atoms with Crippen molar-refractivity contribution in [3.8, 4) is 0 Å². The molecule has 0 saturated carbocycles. The van der Waals surface area contributed by atoms with Crippen molar-refractivity contribution < 1.29 is 19.4 Å². The number of H-pyrrole nitrogens is 1. The van der Waals surface area contributed by atoms with Crippen molar-refractivity contribution in [3.63, 3.8) is 0 Å². The minimum Gasteiger partial charge on any atom is -0.396 e. The van der Waals surface area contributed by atoms with Gasteiger partial charge in [-0.3, -0.25) is 4.79 Å². The zero-order chi connectivity index (χ0) is 16.1. The number of aromatic nitrogens is 1. The van der Waals surface area contributed by atoms with Crippen LogP contribution in [0.25, 0.3) is 10.9 Å². The molecule has 6 heteroatoms. The average Bonchev–Trinajstić information content (AvgIpc) is 2.79. The average molecular weight is 308 g/mol. The summed E-state index contributed by atoms with van der Waals surface area (Å²) in [5.41, 5.74) is 2.40. The van der Waals surface area contributed by atoms with Crippen molar-refractivity contribution in [3.05, 3.63) is 35.3 Å². The van der Waals surface area contributed by atoms with Crippen molar-refractivity contribution in [2.45, 2.75) is 19.8 Å². The summed E-state index contributed by atoms with van der Waals surface area (Å²) in [5.74, 6) is -0.483. The van der Waals surface area contributed by atoms with Gasteiger partial charge in [-0.2, -0.15) is 0 Å². The number of hydrogen-bond donors (Lipinski definition) is 3. The minimum absolute atomic E-state index is 0.00741. The van der Waals surface area contributed by atoms with Gasteiger partial charge in [0.05, 0.1) is 13.0 Å². The third kappa shape index (κ3) is 3.64. The number of amides is 1. The lowest BCUT2D eigenvalue weighted by Gasteiger charge is -2.21. The Bertz CT molecular complexity index is 654. The van der Waals surface area contributed by atoms with Crippen LogP contribution < -0.4 is 0 Å². The molecule has 1 heterocycles. The van der Waals surface area contributed by atoms with Crippen LogP contribution in [0, 0.1) is 12.7 Å². The third-order valence-electron chi connectivity index (χ3n) is 3.72. The lowest BCUT2D eigenvalue weighted by Crippen LogP contribution is -2.36. The highest BCUT2D eigenvalue weighted by Gasteiger charge is 2.17. The number of carbonyl (C=O) groups is 1. The molecule has 0 fully saturated rings. The molecule has 3 N–H and O–H groups in total. The van der Waals surface area contributed by atoms with Crippen molar-refractivity contribution in [1.29, 1.82) is 0 Å². The number of aliphatic hydroxyl groups excluding tert-OH is 2. The van der Waals surface area contributed by atoms with E-state index < -0.39 is 0 Å². The largest absolute Gasteiger partial charge is 0.396 e. The highest BCUT2D eigenvalue weighted by molar-refractivity contribution is 5.90. The van der Waals surface area contributed by atoms with E-state index in [1.54, 1.807) is 6.07 Å². The Morgan fingerprint density at radius 2 is 2.05 bits per heavy atom. The molecule has 0 spiro atoms. The quantitative estimate of drug-likeness (QED) is 0.723. The summed E-state index contributed by atoms with van der Waals surface area (Å²) < 4.78 is 13.4. The van der Waals surface area contributed by atoms with E-state index in [2.05, 4.69) is 4.98 Å². The second-order valence-corrected chi connectivity index (χ2v) is 5.28. The molecule has 1 amide bonds. The Morgan fingerprint density at radius 1 is 1.27 bits per heavy atom. The Labute approximate surface area is 128 Å². The lowest BCUT2D eigenvalue weighted by molar-refractivity contribution is -0.131. The first-order chi connectivity index (χ1) is 10.6. The molecular weight excluding hydrogens is 287 g/mol. The zero-order valence-electron chi connectivity index (χ0n) is 12.6. The van der Waals surface area contributed by atoms with Gasteiger partial charge in [0.2, 0.25) is 5.91 Å². The smallest absolute Gasteiger partial charge is 0.227 e. The summed E-state index contributed by atoms with van der Waals surface area (Å²) in [7, 11) is 0. The van der Waals surface area contributed by atoms with Crippen LogP contribution in [-0.2, 0) is 11.2 Å². The van der Waals surface area contributed by atoms with Crippen molar-refractivity contribution in [2.75, 3.05) is 26.3 Å². The monoisotopic (exact) mass is 308 g/mol. The van der Waals surface area contributed by atoms with Crippen LogP contribution in [0.1, 0.15) is 17.7 Å². The van der Waals surface area contributed by atoms with Gasteiger partial charge in [-0.25, -0.2) is 4.39 Å². The molecule has 0 unspecified atom stereocenters. The van der Waals surface area contributed by atoms with Gasteiger partial charge in [-0.15, -0.1) is 0 Å². The molecule has 0 bridgehead atoms. The lowest BCUT2D eigenvalue weighted by atomic mass is 10.1. The molecule has 0 aliphatic rings. The van der Waals surface area contributed by atoms with Crippen LogP contribution in [-0.4, -0.2) is 52.3 Å². The van der Waals surface area contributed by atoms with Gasteiger partial charge in [-0.05, 0) is 37.1 Å². The third-order valence-corrected chi connectivity index (χ3v) is 3.72. The first-order valence-electron chi connectivity index (χ1n) is 7.33. The number of aromatic amines is 1. The number of halogens is 1. The Morgan fingerprint density at radius 3 is 2.73 bits per heavy atom. The van der Waals surface area contributed by atoms with E-state index in [9.17, 15) is 9.18 Å². The van der Waals surface area contributed by atoms with E-state index in [0.29, 0.717) is 18.4 Å². The highest BCUT2D eigenvalue weighted by atomic mass is 19.1. The number of nitrogens with one attached hydrogen (secondary N) is 1. The number of carbonyl (C=O) groups excluding carboxylic acids is 1. The molecule has 5 nitrogen and oxygen atoms in total. The number of aryl methyl sites for hydroxylation is 1. The maximum atomic E-state index is 13.4. The van der Waals surface area contributed by atoms with E-state index in [1.165, 1.54) is 17.0 Å². The first kappa shape index (κ1) is 16.5. The fourth-order valence-corrected chi connectivity index (χ4v) is 2.59. The Hall–Kier alpha value is -1.92. The van der Waals surface area contributed by atoms with Crippen molar-refractivity contribution >= 4 is 16.8 Å². The molecule has 1 aromatic heterocycles. The number of aliphatic hydroxyl groups is 2. The molecule has 22 heavy (non-hydrogen) atoms. The SMILES string of the molecule is Cc1[nH]c2ccc(F)cc2c1CC(=O)N(CCO)CCCO. The highest BCUT2D eigenvalue weighted by Crippen LogP contribution is 2.24. The van der Waals surface area contributed by atoms with E-state index >= 15 is 0 Å². The van der Waals surface area contributed by atoms with Crippen LogP contribution in [0.3, 0.4) is 0 Å². The summed E-state index contributed by atoms with van der Waals surface area (Å²) >= 11 is 0. The minimum atomic E-state index is -0.340. The van der Waals surface area contributed by atoms with Gasteiger partial charge in [-0.1, -0.05) is 0 Å². The number of benzene rings is 1. The fraction of sp³-hybridized carbons (Fsp3) is 0.438. The van der Waals surface area contributed by atoms with Crippen LogP contribution in [0.15, 0.2) is 18.2 Å². The summed E-state index contributed by atoms with van der Waals surface area (Å²) in [6.45, 7) is 2.34. The van der Waals surface area contributed by atoms with Crippen LogP contribution in [0.2, 0.25) is 0 Å². The van der Waals surface area contributed by atoms with Crippen LogP contribution >= 0.6 is 0 Å². The van der Waals surface area contributed by atoms with Gasteiger partial charge < -0.3 is 20.1 Å². The van der Waals surface area contributed by atoms with Crippen molar-refractivity contribution in [1.82, 2.24) is 9.88 Å². The molecular formula is C16H21FN2O3. The predicted octanol–water partition coefficient (Wildman–Crippen LogP) is 1.36. The second-order valence-electron chi connectivity index (χ2n) is 5.28. The van der Waals surface area contributed by atoms with E-state index in [-0.39, 0.29) is 37.9 Å². The maximum absolute atomic E-state index is 13.4. The summed E-state index contributed by atoms with van der Waals surface area (Å²) in [5, 5.41) is 18.7. The van der Waals surface area contributed by atoms with Crippen LogP contribution in [0.4, 0.5) is 4.39 Å². The van der Waals surface area contributed by atoms with E-state index in [0.717, 1.165) is 16.8 Å². The number of hydrogen-bond acceptors (Lipinski definition) is 3. The Balaban J connectivity index is 2.23. The van der Waals surface area contributed by atoms with Crippen molar-refractivity contribution in [2.24, 2.45) is 0 Å². The Kier molecular flexibility index (Phi) is 5.51. The predicted molar refractivity (Wildman–Crippen MR) is 82.1 cm³/mol. The maximum Gasteiger partial charge on any atom is 0.227 e. The van der Waals surface area contributed by atoms with Gasteiger partial charge >= 0.3 is 0 Å². The molecule has 0 aliphatic carbocycles. The normalized spacial score (nSPS) is 11.1. The van der Waals surface area contributed by atoms with E-state index in [1.807, 2.05) is 6.92 Å². The molecule has 0 aliphatic heterocycles. The topological polar surface area (TPSA) is 76.6 Å². The molecule has 0 saturated heterocycles. The van der Waals surface area contributed by atoms with E-state index in [4.69, 9.17) is 10.2 Å². The zero-order valence-corrected chi connectivity index (χ0v) is 12.6. The summed E-state index contributed by atoms with van der Waals surface area (Å²) in [6, 6.07) is 4.46. The standard InChI is InChI=1S/C16H21FN2O3/c1-11-13(14-9-12(17)3-4-15(14)18-11)10-16(22)19(6-8-21)5-2-7-20/h3-4,9,18,20-21H,2,5-8,10H2,1H3. The fourth-order valence-electron chi connectivity index (χ4n) is 2.59. The number of rotatable bonds is 7.